The quantitative estimate of drug-likeness (QED) is 0.0576. The summed E-state index contributed by atoms with van der Waals surface area (Å²) in [4.78, 5) is 60.5. The summed E-state index contributed by atoms with van der Waals surface area (Å²) in [5, 5.41) is 25.6. The average Bonchev–Trinajstić information content (AvgIpc) is 0.774. The second-order valence-electron chi connectivity index (χ2n) is 45.6. The van der Waals surface area contributed by atoms with E-state index in [-0.39, 0.29) is 44.0 Å². The van der Waals surface area contributed by atoms with Crippen LogP contribution in [-0.2, 0) is 65.0 Å². The Balaban J connectivity index is 0.734. The molecule has 0 spiro atoms. The van der Waals surface area contributed by atoms with Crippen LogP contribution < -0.4 is 77.7 Å². The van der Waals surface area contributed by atoms with Crippen molar-refractivity contribution >= 4 is 81.0 Å². The number of amides is 8. The van der Waals surface area contributed by atoms with E-state index in [2.05, 4.69) is 313 Å². The van der Waals surface area contributed by atoms with Crippen LogP contribution in [0.3, 0.4) is 0 Å². The minimum Gasteiger partial charge on any atom is -0.453 e. The molecule has 8 amide bonds. The van der Waals surface area contributed by atoms with Gasteiger partial charge in [-0.2, -0.15) is 0 Å². The maximum absolute atomic E-state index is 15.2. The number of nitrogens with two attached hydrogens (primary N) is 2. The van der Waals surface area contributed by atoms with E-state index in [1.54, 1.807) is 48.5 Å². The summed E-state index contributed by atoms with van der Waals surface area (Å²) in [6.07, 6.45) is 0. The topological polar surface area (TPSA) is 263 Å². The zero-order valence-electron chi connectivity index (χ0n) is 80.7. The van der Waals surface area contributed by atoms with Crippen LogP contribution in [0.2, 0.25) is 0 Å². The summed E-state index contributed by atoms with van der Waals surface area (Å²) in [7, 11) is 0. The molecule has 12 N–H and O–H groups in total. The Morgan fingerprint density at radius 1 is 0.236 bits per heavy atom. The van der Waals surface area contributed by atoms with Crippen molar-refractivity contribution in [2.75, 3.05) is 54.0 Å². The molecule has 19 nitrogen and oxygen atoms in total. The molecule has 0 saturated heterocycles. The van der Waals surface area contributed by atoms with Crippen molar-refractivity contribution in [1.82, 2.24) is 0 Å². The number of carbonyl (C=O) groups excluding carboxylic acids is 4. The molecule has 10 aromatic rings. The van der Waals surface area contributed by atoms with Crippen molar-refractivity contribution in [3.8, 4) is 57.5 Å². The van der Waals surface area contributed by atoms with Gasteiger partial charge in [0.1, 0.15) is 0 Å². The lowest BCUT2D eigenvalue weighted by Crippen LogP contribution is -2.30. The van der Waals surface area contributed by atoms with E-state index in [1.165, 1.54) is 0 Å². The molecule has 19 heteroatoms. The molecule has 4 heterocycles. The van der Waals surface area contributed by atoms with Crippen molar-refractivity contribution in [2.24, 2.45) is 0 Å². The van der Waals surface area contributed by atoms with Gasteiger partial charge < -0.3 is 77.7 Å². The van der Waals surface area contributed by atoms with Gasteiger partial charge in [-0.25, -0.2) is 19.2 Å². The number of nitrogens with one attached hydrogen (secondary N) is 8. The third-order valence-electron chi connectivity index (χ3n) is 25.9. The van der Waals surface area contributed by atoms with Crippen LogP contribution >= 0.6 is 0 Å². The summed E-state index contributed by atoms with van der Waals surface area (Å²) in [6, 6.07) is 45.0. The molecule has 0 aliphatic carbocycles. The van der Waals surface area contributed by atoms with Gasteiger partial charge in [0.05, 0.1) is 56.9 Å². The number of urea groups is 4. The van der Waals surface area contributed by atoms with Gasteiger partial charge in [0.2, 0.25) is 0 Å². The van der Waals surface area contributed by atoms with E-state index >= 15 is 19.2 Å². The zero-order chi connectivity index (χ0) is 93.3. The Bertz CT molecular complexity index is 5830. The van der Waals surface area contributed by atoms with E-state index in [4.69, 9.17) is 35.2 Å². The van der Waals surface area contributed by atoms with Crippen LogP contribution in [0.25, 0.3) is 0 Å². The molecule has 4 aliphatic rings. The Morgan fingerprint density at radius 3 is 0.583 bits per heavy atom. The second-order valence-corrected chi connectivity index (χ2v) is 45.6. The molecule has 127 heavy (non-hydrogen) atoms. The lowest BCUT2D eigenvalue weighted by atomic mass is 9.71. The highest BCUT2D eigenvalue weighted by Gasteiger charge is 2.46. The van der Waals surface area contributed by atoms with Gasteiger partial charge in [0, 0.05) is 66.2 Å². The molecule has 0 unspecified atom stereocenters. The largest absolute Gasteiger partial charge is 0.453 e. The molecular formula is C108H132N10O9. The van der Waals surface area contributed by atoms with E-state index in [0.29, 0.717) is 103 Å². The molecule has 0 aromatic heterocycles. The number of fused-ring (bicyclic) bond motifs is 8. The van der Waals surface area contributed by atoms with Crippen molar-refractivity contribution in [3.05, 3.63) is 235 Å². The number of carbonyl (C=O) groups is 4. The fraction of sp³-hybridized carbons (Fsp3) is 0.407. The minimum absolute atomic E-state index is 0.174. The Hall–Kier alpha value is -12.1. The van der Waals surface area contributed by atoms with Crippen LogP contribution in [0, 0.1) is 0 Å². The number of anilines is 10. The molecule has 668 valence electrons. The van der Waals surface area contributed by atoms with Gasteiger partial charge in [0.25, 0.3) is 0 Å². The van der Waals surface area contributed by atoms with Crippen LogP contribution in [0.15, 0.2) is 146 Å². The van der Waals surface area contributed by atoms with Crippen molar-refractivity contribution in [1.29, 1.82) is 0 Å². The summed E-state index contributed by atoms with van der Waals surface area (Å²) in [6.45, 7) is 68.8. The molecule has 0 atom stereocenters. The smallest absolute Gasteiger partial charge is 0.323 e. The van der Waals surface area contributed by atoms with E-state index in [9.17, 15) is 0 Å². The van der Waals surface area contributed by atoms with E-state index in [1.807, 2.05) is 48.5 Å². The lowest BCUT2D eigenvalue weighted by Gasteiger charge is -2.39. The van der Waals surface area contributed by atoms with Gasteiger partial charge in [-0.15, -0.1) is 0 Å². The van der Waals surface area contributed by atoms with Crippen molar-refractivity contribution in [3.63, 3.8) is 0 Å². The molecule has 0 fully saturated rings. The first kappa shape index (κ1) is 91.1. The van der Waals surface area contributed by atoms with Crippen LogP contribution in [0.4, 0.5) is 76.1 Å². The Morgan fingerprint density at radius 2 is 0.394 bits per heavy atom. The zero-order valence-corrected chi connectivity index (χ0v) is 80.7. The first-order chi connectivity index (χ1) is 58.4. The molecule has 0 saturated carbocycles. The van der Waals surface area contributed by atoms with Gasteiger partial charge in [-0.1, -0.05) is 294 Å². The molecule has 0 radical (unpaired) electrons. The summed E-state index contributed by atoms with van der Waals surface area (Å²) < 4.78 is 34.9. The number of nitrogen functional groups attached to an aromatic ring is 2. The normalized spacial score (nSPS) is 15.1. The third-order valence-corrected chi connectivity index (χ3v) is 25.9. The molecular weight excluding hydrogens is 1580 g/mol. The minimum atomic E-state index is -0.767. The maximum Gasteiger partial charge on any atom is 0.323 e. The van der Waals surface area contributed by atoms with Crippen LogP contribution in [0.5, 0.6) is 57.5 Å². The highest BCUT2D eigenvalue weighted by Crippen LogP contribution is 2.61. The first-order valence-corrected chi connectivity index (χ1v) is 44.3. The number of benzene rings is 10. The van der Waals surface area contributed by atoms with E-state index in [0.717, 1.165) is 89.0 Å². The summed E-state index contributed by atoms with van der Waals surface area (Å²) in [5.74, 6) is 4.32. The fourth-order valence-electron chi connectivity index (χ4n) is 17.2. The van der Waals surface area contributed by atoms with Gasteiger partial charge >= 0.3 is 24.1 Å². The van der Waals surface area contributed by atoms with Gasteiger partial charge in [0.15, 0.2) is 57.5 Å². The van der Waals surface area contributed by atoms with Crippen molar-refractivity contribution < 1.29 is 42.9 Å². The van der Waals surface area contributed by atoms with E-state index < -0.39 is 56.6 Å². The first-order valence-electron chi connectivity index (χ1n) is 44.3. The van der Waals surface area contributed by atoms with Crippen molar-refractivity contribution in [2.45, 2.75) is 287 Å². The number of hydrogen-bond donors (Lipinski definition) is 10. The second kappa shape index (κ2) is 30.8. The Labute approximate surface area is 752 Å². The molecule has 4 aliphatic heterocycles. The highest BCUT2D eigenvalue weighted by molar-refractivity contribution is 6.06. The summed E-state index contributed by atoms with van der Waals surface area (Å²) >= 11 is 0. The van der Waals surface area contributed by atoms with Crippen LogP contribution in [0.1, 0.15) is 311 Å². The highest BCUT2D eigenvalue weighted by atomic mass is 16.5. The molecule has 0 bridgehead atoms. The molecule has 10 aromatic carbocycles. The third kappa shape index (κ3) is 17.4. The summed E-state index contributed by atoms with van der Waals surface area (Å²) in [5.41, 5.74) is 28.0. The lowest BCUT2D eigenvalue weighted by molar-refractivity contribution is 0.261. The molecule has 14 rings (SSSR count). The van der Waals surface area contributed by atoms with Gasteiger partial charge in [-0.3, -0.25) is 0 Å². The number of para-hydroxylation sites is 4. The predicted molar refractivity (Wildman–Crippen MR) is 522 cm³/mol. The fourth-order valence-corrected chi connectivity index (χ4v) is 17.2. The number of rotatable bonds is 10. The SMILES string of the molecule is CC(C)(C)c1cc(N)c2c(c1)C(C)(C)c1cc(C(C)(C)C)cc(NC(=O)Nc3cc(C(C)(C)C)cc4c3Oc3c(NC(=O)Nc5ccccc5Oc5ccccc5NC(=O)Nc5cc(C(C)(C)C)cc6c5Oc5c(NC(=O)Nc7cc(C(C)(C)C)cc8c7Oc7c(N)cc(C(C)(C)C)cc7C8(C)C)cc(C(C)(C)C)cc5C6(C)C)cc(C(C)(C)C)cc3C4(C)C)c1O2. The predicted octanol–water partition coefficient (Wildman–Crippen LogP) is 29.3. The monoisotopic (exact) mass is 1710 g/mol. The number of hydrogen-bond acceptors (Lipinski definition) is 11. The number of ether oxygens (including phenoxy) is 5. The Kier molecular flexibility index (Phi) is 22.1. The average molecular weight is 1710 g/mol. The van der Waals surface area contributed by atoms with Crippen LogP contribution in [-0.4, -0.2) is 24.1 Å². The standard InChI is InChI=1S/C108H132N10O9/c1-97(2,3)57-41-65-85(73(109)49-57)124-87-67(105(65,25)26)43-59(99(7,8)9)51-77(87)115-95(121)117-81-55-63(103(19,20)21)47-71-91(81)126-89-69(107(71,29)30)45-61(101(13,14)15)53-79(89)113-93(119)111-75-37-33-35-39-83(75)123-84-40-36-34-38-76(84)112-94(120)114-80-54-62(102(16,17)18)46-70-90(80)127-92-72(108(70,31)32)48-64(104(22,23)24)56-82(92)118-96(122)116-78-52-60(100(10,11)12)44-68-88(78)125-86-66(106(68,27)28)42-58(50-74(86)110)98(4,5)6/h33-56H,109-110H2,1-32H3,(H2,111,113,119)(H2,112,114,120)(H2,115,117,121)(H2,116,118,122). The van der Waals surface area contributed by atoms with Gasteiger partial charge in [-0.05, 0) is 161 Å². The maximum atomic E-state index is 15.2.